The van der Waals surface area contributed by atoms with Crippen LogP contribution in [0.5, 0.6) is 5.88 Å². The highest BCUT2D eigenvalue weighted by molar-refractivity contribution is 5.28. The van der Waals surface area contributed by atoms with Gasteiger partial charge in [0.15, 0.2) is 0 Å². The van der Waals surface area contributed by atoms with E-state index in [0.717, 1.165) is 5.56 Å². The maximum atomic E-state index is 5.30. The molecular formula is C9H15NO2. The third-order valence-corrected chi connectivity index (χ3v) is 1.63. The van der Waals surface area contributed by atoms with Crippen LogP contribution in [-0.4, -0.2) is 11.8 Å². The fourth-order valence-electron chi connectivity index (χ4n) is 0.965. The molecule has 0 saturated carbocycles. The minimum absolute atomic E-state index is 0.0322. The SMILES string of the molecule is CCOc1nocc1C(C)(C)C. The van der Waals surface area contributed by atoms with Gasteiger partial charge in [0.1, 0.15) is 6.26 Å². The van der Waals surface area contributed by atoms with Crippen molar-refractivity contribution in [3.8, 4) is 5.88 Å². The molecule has 0 aromatic carbocycles. The van der Waals surface area contributed by atoms with Crippen molar-refractivity contribution in [1.29, 1.82) is 0 Å². The van der Waals surface area contributed by atoms with Crippen LogP contribution in [0.2, 0.25) is 0 Å². The topological polar surface area (TPSA) is 35.3 Å². The molecule has 1 aromatic rings. The van der Waals surface area contributed by atoms with E-state index in [1.165, 1.54) is 0 Å². The first-order valence-electron chi connectivity index (χ1n) is 4.13. The number of aromatic nitrogens is 1. The first-order valence-corrected chi connectivity index (χ1v) is 4.13. The molecule has 1 aromatic heterocycles. The second-order valence-corrected chi connectivity index (χ2v) is 3.72. The summed E-state index contributed by atoms with van der Waals surface area (Å²) < 4.78 is 10.1. The Kier molecular flexibility index (Phi) is 2.40. The third kappa shape index (κ3) is 1.78. The van der Waals surface area contributed by atoms with Crippen molar-refractivity contribution < 1.29 is 9.26 Å². The average molecular weight is 169 g/mol. The summed E-state index contributed by atoms with van der Waals surface area (Å²) in [6, 6.07) is 0. The average Bonchev–Trinajstić information content (AvgIpc) is 2.34. The number of rotatable bonds is 2. The van der Waals surface area contributed by atoms with Crippen LogP contribution in [0.4, 0.5) is 0 Å². The van der Waals surface area contributed by atoms with Gasteiger partial charge in [-0.1, -0.05) is 20.8 Å². The molecular weight excluding hydrogens is 154 g/mol. The van der Waals surface area contributed by atoms with Crippen LogP contribution in [0.15, 0.2) is 10.8 Å². The molecule has 1 rings (SSSR count). The molecule has 0 fully saturated rings. The van der Waals surface area contributed by atoms with Crippen molar-refractivity contribution in [2.45, 2.75) is 33.1 Å². The van der Waals surface area contributed by atoms with Crippen molar-refractivity contribution in [3.63, 3.8) is 0 Å². The summed E-state index contributed by atoms with van der Waals surface area (Å²) in [6.45, 7) is 8.85. The van der Waals surface area contributed by atoms with E-state index in [1.54, 1.807) is 6.26 Å². The summed E-state index contributed by atoms with van der Waals surface area (Å²) in [5.41, 5.74) is 1.05. The van der Waals surface area contributed by atoms with Crippen LogP contribution >= 0.6 is 0 Å². The zero-order chi connectivity index (χ0) is 9.19. The molecule has 0 radical (unpaired) electrons. The van der Waals surface area contributed by atoms with E-state index in [4.69, 9.17) is 9.26 Å². The highest BCUT2D eigenvalue weighted by Gasteiger charge is 2.22. The molecule has 0 saturated heterocycles. The van der Waals surface area contributed by atoms with Gasteiger partial charge in [0.2, 0.25) is 0 Å². The molecule has 0 aliphatic heterocycles. The van der Waals surface area contributed by atoms with Crippen molar-refractivity contribution in [3.05, 3.63) is 11.8 Å². The second kappa shape index (κ2) is 3.17. The van der Waals surface area contributed by atoms with Crippen molar-refractivity contribution in [2.75, 3.05) is 6.61 Å². The van der Waals surface area contributed by atoms with Gasteiger partial charge in [0, 0.05) is 0 Å². The Balaban J connectivity index is 2.91. The van der Waals surface area contributed by atoms with Gasteiger partial charge in [-0.2, -0.15) is 0 Å². The molecule has 0 aliphatic rings. The number of hydrogen-bond acceptors (Lipinski definition) is 3. The number of nitrogens with zero attached hydrogens (tertiary/aromatic N) is 1. The van der Waals surface area contributed by atoms with Crippen LogP contribution in [-0.2, 0) is 5.41 Å². The Morgan fingerprint density at radius 1 is 1.50 bits per heavy atom. The Morgan fingerprint density at radius 3 is 2.67 bits per heavy atom. The second-order valence-electron chi connectivity index (χ2n) is 3.72. The first-order chi connectivity index (χ1) is 5.55. The molecule has 0 atom stereocenters. The number of ether oxygens (including phenoxy) is 1. The maximum absolute atomic E-state index is 5.30. The van der Waals surface area contributed by atoms with E-state index in [2.05, 4.69) is 25.9 Å². The van der Waals surface area contributed by atoms with Crippen LogP contribution in [0.1, 0.15) is 33.3 Å². The molecule has 0 spiro atoms. The monoisotopic (exact) mass is 169 g/mol. The molecule has 3 heteroatoms. The zero-order valence-corrected chi connectivity index (χ0v) is 8.05. The highest BCUT2D eigenvalue weighted by atomic mass is 16.5. The van der Waals surface area contributed by atoms with Gasteiger partial charge in [-0.05, 0) is 17.5 Å². The van der Waals surface area contributed by atoms with E-state index in [9.17, 15) is 0 Å². The summed E-state index contributed by atoms with van der Waals surface area (Å²) in [7, 11) is 0. The third-order valence-electron chi connectivity index (χ3n) is 1.63. The number of hydrogen-bond donors (Lipinski definition) is 0. The molecule has 0 unspecified atom stereocenters. The first kappa shape index (κ1) is 9.10. The molecule has 1 heterocycles. The molecule has 0 amide bonds. The van der Waals surface area contributed by atoms with Crippen LogP contribution in [0, 0.1) is 0 Å². The van der Waals surface area contributed by atoms with Crippen molar-refractivity contribution in [1.82, 2.24) is 5.16 Å². The summed E-state index contributed by atoms with van der Waals surface area (Å²) in [5.74, 6) is 0.616. The van der Waals surface area contributed by atoms with Gasteiger partial charge in [0.05, 0.1) is 12.2 Å². The van der Waals surface area contributed by atoms with Gasteiger partial charge >= 0.3 is 0 Å². The summed E-state index contributed by atoms with van der Waals surface area (Å²) in [4.78, 5) is 0. The quantitative estimate of drug-likeness (QED) is 0.681. The fraction of sp³-hybridized carbons (Fsp3) is 0.667. The summed E-state index contributed by atoms with van der Waals surface area (Å²) >= 11 is 0. The van der Waals surface area contributed by atoms with Crippen LogP contribution in [0.25, 0.3) is 0 Å². The minimum atomic E-state index is 0.0322. The lowest BCUT2D eigenvalue weighted by Crippen LogP contribution is -2.11. The highest BCUT2D eigenvalue weighted by Crippen LogP contribution is 2.29. The lowest BCUT2D eigenvalue weighted by Gasteiger charge is -2.16. The van der Waals surface area contributed by atoms with E-state index >= 15 is 0 Å². The molecule has 12 heavy (non-hydrogen) atoms. The van der Waals surface area contributed by atoms with Gasteiger partial charge in [0.25, 0.3) is 5.88 Å². The maximum Gasteiger partial charge on any atom is 0.257 e. The van der Waals surface area contributed by atoms with Crippen LogP contribution in [0.3, 0.4) is 0 Å². The Bertz CT molecular complexity index is 247. The summed E-state index contributed by atoms with van der Waals surface area (Å²) in [5, 5.41) is 3.78. The smallest absolute Gasteiger partial charge is 0.257 e. The van der Waals surface area contributed by atoms with Crippen molar-refractivity contribution >= 4 is 0 Å². The Labute approximate surface area is 72.7 Å². The minimum Gasteiger partial charge on any atom is -0.476 e. The van der Waals surface area contributed by atoms with Gasteiger partial charge < -0.3 is 9.26 Å². The molecule has 0 aliphatic carbocycles. The predicted molar refractivity (Wildman–Crippen MR) is 46.4 cm³/mol. The summed E-state index contributed by atoms with van der Waals surface area (Å²) in [6.07, 6.45) is 1.64. The van der Waals surface area contributed by atoms with E-state index in [0.29, 0.717) is 12.5 Å². The zero-order valence-electron chi connectivity index (χ0n) is 8.05. The largest absolute Gasteiger partial charge is 0.476 e. The lowest BCUT2D eigenvalue weighted by atomic mass is 9.89. The Morgan fingerprint density at radius 2 is 2.17 bits per heavy atom. The normalized spacial score (nSPS) is 11.7. The lowest BCUT2D eigenvalue weighted by molar-refractivity contribution is 0.291. The van der Waals surface area contributed by atoms with E-state index in [1.807, 2.05) is 6.92 Å². The molecule has 0 N–H and O–H groups in total. The van der Waals surface area contributed by atoms with Gasteiger partial charge in [-0.3, -0.25) is 0 Å². The predicted octanol–water partition coefficient (Wildman–Crippen LogP) is 2.37. The molecule has 3 nitrogen and oxygen atoms in total. The van der Waals surface area contributed by atoms with E-state index in [-0.39, 0.29) is 5.41 Å². The van der Waals surface area contributed by atoms with Crippen LogP contribution < -0.4 is 4.74 Å². The van der Waals surface area contributed by atoms with Gasteiger partial charge in [-0.15, -0.1) is 0 Å². The van der Waals surface area contributed by atoms with Crippen molar-refractivity contribution in [2.24, 2.45) is 0 Å². The van der Waals surface area contributed by atoms with E-state index < -0.39 is 0 Å². The molecule has 0 bridgehead atoms. The molecule has 68 valence electrons. The van der Waals surface area contributed by atoms with Gasteiger partial charge in [-0.25, -0.2) is 0 Å². The Hall–Kier alpha value is -0.990. The standard InChI is InChI=1S/C9H15NO2/c1-5-11-8-7(6-12-10-8)9(2,3)4/h6H,5H2,1-4H3. The fourth-order valence-corrected chi connectivity index (χ4v) is 0.965.